The van der Waals surface area contributed by atoms with E-state index in [-0.39, 0.29) is 29.8 Å². The van der Waals surface area contributed by atoms with Crippen molar-refractivity contribution in [3.05, 3.63) is 47.4 Å². The molecule has 1 aromatic carbocycles. The minimum atomic E-state index is -1.75. The van der Waals surface area contributed by atoms with Crippen LogP contribution in [0, 0.1) is 0 Å². The Balaban J connectivity index is 1.52. The number of imidazole rings is 1. The average Bonchev–Trinajstić information content (AvgIpc) is 3.20. The number of anilines is 1. The number of alkyl halides is 1. The van der Waals surface area contributed by atoms with Crippen LogP contribution in [-0.4, -0.2) is 43.9 Å². The fourth-order valence-electron chi connectivity index (χ4n) is 3.27. The lowest BCUT2D eigenvalue weighted by Crippen LogP contribution is -2.27. The topological polar surface area (TPSA) is 105 Å². The quantitative estimate of drug-likeness (QED) is 0.525. The Morgan fingerprint density at radius 2 is 2.18 bits per heavy atom. The van der Waals surface area contributed by atoms with Crippen molar-refractivity contribution >= 4 is 34.7 Å². The predicted molar refractivity (Wildman–Crippen MR) is 99.5 cm³/mol. The highest BCUT2D eigenvalue weighted by Gasteiger charge is 2.48. The number of carbonyl (C=O) groups excluding carboxylic acids is 1. The van der Waals surface area contributed by atoms with Gasteiger partial charge in [0.25, 0.3) is 0 Å². The number of fused-ring (bicyclic) bond motifs is 1. The van der Waals surface area contributed by atoms with Gasteiger partial charge in [0.1, 0.15) is 12.1 Å². The summed E-state index contributed by atoms with van der Waals surface area (Å²) < 4.78 is 27.8. The molecule has 0 radical (unpaired) electrons. The van der Waals surface area contributed by atoms with Crippen molar-refractivity contribution in [2.75, 3.05) is 12.3 Å². The van der Waals surface area contributed by atoms with Crippen LogP contribution in [0.1, 0.15) is 29.9 Å². The smallest absolute Gasteiger partial charge is 0.338 e. The number of ether oxygens (including phenoxy) is 2. The summed E-state index contributed by atoms with van der Waals surface area (Å²) in [5.41, 5.74) is 4.89. The average molecular weight is 406 g/mol. The van der Waals surface area contributed by atoms with Gasteiger partial charge in [-0.05, 0) is 19.1 Å². The second-order valence-corrected chi connectivity index (χ2v) is 7.11. The number of hydrogen-bond donors (Lipinski definition) is 1. The molecule has 2 N–H and O–H groups in total. The number of halogens is 2. The molecule has 0 unspecified atom stereocenters. The van der Waals surface area contributed by atoms with E-state index in [0.717, 1.165) is 0 Å². The second-order valence-electron chi connectivity index (χ2n) is 6.75. The fourth-order valence-corrected chi connectivity index (χ4v) is 3.49. The number of aromatic nitrogens is 4. The van der Waals surface area contributed by atoms with Crippen LogP contribution in [0.3, 0.4) is 0 Å². The molecule has 0 amide bonds. The summed E-state index contributed by atoms with van der Waals surface area (Å²) in [5, 5.41) is 0.0770. The van der Waals surface area contributed by atoms with Crippen molar-refractivity contribution in [2.24, 2.45) is 0 Å². The van der Waals surface area contributed by atoms with Crippen LogP contribution in [0.25, 0.3) is 11.2 Å². The molecule has 3 atom stereocenters. The first-order valence-corrected chi connectivity index (χ1v) is 8.95. The summed E-state index contributed by atoms with van der Waals surface area (Å²) in [5.74, 6) is -0.542. The first kappa shape index (κ1) is 18.6. The van der Waals surface area contributed by atoms with E-state index < -0.39 is 24.0 Å². The maximum atomic E-state index is 15.2. The van der Waals surface area contributed by atoms with Gasteiger partial charge in [-0.3, -0.25) is 4.57 Å². The highest BCUT2D eigenvalue weighted by Crippen LogP contribution is 2.42. The van der Waals surface area contributed by atoms with Crippen LogP contribution in [0.15, 0.2) is 36.7 Å². The molecule has 146 valence electrons. The second kappa shape index (κ2) is 6.99. The Labute approximate surface area is 164 Å². The van der Waals surface area contributed by atoms with Gasteiger partial charge in [-0.15, -0.1) is 0 Å². The van der Waals surface area contributed by atoms with Gasteiger partial charge in [-0.25, -0.2) is 14.2 Å². The van der Waals surface area contributed by atoms with Crippen molar-refractivity contribution < 1.29 is 18.7 Å². The molecule has 0 saturated carbocycles. The van der Waals surface area contributed by atoms with Crippen molar-refractivity contribution in [3.8, 4) is 0 Å². The molecule has 0 spiro atoms. The van der Waals surface area contributed by atoms with Crippen molar-refractivity contribution in [1.29, 1.82) is 0 Å². The van der Waals surface area contributed by atoms with Gasteiger partial charge in [-0.2, -0.15) is 9.97 Å². The van der Waals surface area contributed by atoms with Crippen LogP contribution in [0.5, 0.6) is 0 Å². The normalized spacial score (nSPS) is 24.5. The molecule has 1 aliphatic rings. The van der Waals surface area contributed by atoms with E-state index in [9.17, 15) is 4.79 Å². The zero-order chi connectivity index (χ0) is 19.9. The van der Waals surface area contributed by atoms with Gasteiger partial charge in [0.05, 0.1) is 18.0 Å². The van der Waals surface area contributed by atoms with Crippen LogP contribution in [0.4, 0.5) is 10.3 Å². The molecular weight excluding hydrogens is 389 g/mol. The van der Waals surface area contributed by atoms with E-state index >= 15 is 4.39 Å². The number of hydrogen-bond acceptors (Lipinski definition) is 7. The Morgan fingerprint density at radius 3 is 2.93 bits per heavy atom. The summed E-state index contributed by atoms with van der Waals surface area (Å²) >= 11 is 6.03. The van der Waals surface area contributed by atoms with Gasteiger partial charge >= 0.3 is 5.97 Å². The maximum absolute atomic E-state index is 15.2. The highest BCUT2D eigenvalue weighted by atomic mass is 35.5. The van der Waals surface area contributed by atoms with Crippen LogP contribution >= 0.6 is 11.6 Å². The Bertz CT molecular complexity index is 1030. The van der Waals surface area contributed by atoms with Gasteiger partial charge < -0.3 is 15.2 Å². The number of carbonyl (C=O) groups is 1. The third kappa shape index (κ3) is 3.38. The summed E-state index contributed by atoms with van der Waals surface area (Å²) in [6, 6.07) is 8.56. The number of nitrogens with zero attached hydrogens (tertiary/aromatic N) is 4. The van der Waals surface area contributed by atoms with Crippen LogP contribution in [0.2, 0.25) is 5.15 Å². The molecule has 2 aromatic heterocycles. The Morgan fingerprint density at radius 1 is 1.43 bits per heavy atom. The molecular formula is C18H17ClFN5O3. The molecule has 8 nitrogen and oxygen atoms in total. The molecule has 28 heavy (non-hydrogen) atoms. The van der Waals surface area contributed by atoms with E-state index in [1.54, 1.807) is 30.3 Å². The minimum Gasteiger partial charge on any atom is -0.459 e. The number of nitrogen functional groups attached to an aromatic ring is 1. The van der Waals surface area contributed by atoms with E-state index in [0.29, 0.717) is 11.1 Å². The third-order valence-electron chi connectivity index (χ3n) is 4.52. The number of rotatable bonds is 4. The van der Waals surface area contributed by atoms with E-state index in [2.05, 4.69) is 15.0 Å². The molecule has 3 aromatic rings. The first-order chi connectivity index (χ1) is 13.3. The lowest BCUT2D eigenvalue weighted by Gasteiger charge is -2.22. The molecule has 3 heterocycles. The third-order valence-corrected chi connectivity index (χ3v) is 4.79. The molecule has 1 aliphatic heterocycles. The van der Waals surface area contributed by atoms with Crippen molar-refractivity contribution in [1.82, 2.24) is 19.5 Å². The number of nitrogens with two attached hydrogens (primary N) is 1. The maximum Gasteiger partial charge on any atom is 0.338 e. The van der Waals surface area contributed by atoms with Crippen LogP contribution < -0.4 is 5.73 Å². The van der Waals surface area contributed by atoms with Crippen molar-refractivity contribution in [3.63, 3.8) is 0 Å². The van der Waals surface area contributed by atoms with Gasteiger partial charge in [-0.1, -0.05) is 29.8 Å². The van der Waals surface area contributed by atoms with E-state index in [4.69, 9.17) is 26.8 Å². The Kier molecular flexibility index (Phi) is 4.64. The van der Waals surface area contributed by atoms with Gasteiger partial charge in [0, 0.05) is 6.42 Å². The SMILES string of the molecule is C[C@@]1(F)C[C@H](COC(=O)c2ccccc2)O[C@H]1n1cnc2c(Cl)nc(N)nc21. The summed E-state index contributed by atoms with van der Waals surface area (Å²) in [7, 11) is 0. The highest BCUT2D eigenvalue weighted by molar-refractivity contribution is 6.33. The summed E-state index contributed by atoms with van der Waals surface area (Å²) in [6.45, 7) is 1.34. The molecule has 4 rings (SSSR count). The fraction of sp³-hybridized carbons (Fsp3) is 0.333. The zero-order valence-corrected chi connectivity index (χ0v) is 15.6. The van der Waals surface area contributed by atoms with E-state index in [1.165, 1.54) is 17.8 Å². The van der Waals surface area contributed by atoms with Gasteiger partial charge in [0.15, 0.2) is 22.7 Å². The summed E-state index contributed by atoms with van der Waals surface area (Å²) in [4.78, 5) is 24.1. The monoisotopic (exact) mass is 405 g/mol. The lowest BCUT2D eigenvalue weighted by molar-refractivity contribution is -0.0601. The number of benzene rings is 1. The van der Waals surface area contributed by atoms with Gasteiger partial charge in [0.2, 0.25) is 5.95 Å². The molecule has 1 fully saturated rings. The number of esters is 1. The predicted octanol–water partition coefficient (Wildman–Crippen LogP) is 2.93. The molecule has 0 aliphatic carbocycles. The van der Waals surface area contributed by atoms with Crippen molar-refractivity contribution in [2.45, 2.75) is 31.3 Å². The zero-order valence-electron chi connectivity index (χ0n) is 14.9. The van der Waals surface area contributed by atoms with Crippen LogP contribution in [-0.2, 0) is 9.47 Å². The molecule has 0 bridgehead atoms. The standard InChI is InChI=1S/C18H17ClFN5O3/c1-18(20)7-11(8-27-15(26)10-5-3-2-4-6-10)28-16(18)25-9-22-12-13(19)23-17(21)24-14(12)25/h2-6,9,11,16H,7-8H2,1H3,(H2,21,23,24)/t11-,16-,18-/m1/s1. The van der Waals surface area contributed by atoms with E-state index in [1.807, 2.05) is 0 Å². The minimum absolute atomic E-state index is 0.0354. The first-order valence-electron chi connectivity index (χ1n) is 8.57. The molecule has 1 saturated heterocycles. The lowest BCUT2D eigenvalue weighted by atomic mass is 10.0. The molecule has 10 heteroatoms. The Hall–Kier alpha value is -2.78. The largest absolute Gasteiger partial charge is 0.459 e. The summed E-state index contributed by atoms with van der Waals surface area (Å²) in [6.07, 6.45) is -0.234.